The molecule has 21 heavy (non-hydrogen) atoms. The van der Waals surface area contributed by atoms with Gasteiger partial charge in [-0.1, -0.05) is 23.2 Å². The first kappa shape index (κ1) is 15.4. The zero-order valence-corrected chi connectivity index (χ0v) is 14.4. The summed E-state index contributed by atoms with van der Waals surface area (Å²) >= 11 is 18.5. The molecule has 1 heterocycles. The molecule has 3 nitrogen and oxygen atoms in total. The summed E-state index contributed by atoms with van der Waals surface area (Å²) < 4.78 is 2.16. The van der Waals surface area contributed by atoms with Crippen LogP contribution in [0.2, 0.25) is 10.0 Å². The topological polar surface area (TPSA) is 21.1 Å². The number of hydrogen-bond donors (Lipinski definition) is 0. The molecule has 1 unspecified atom stereocenters. The van der Waals surface area contributed by atoms with E-state index in [1.165, 1.54) is 12.8 Å². The molecule has 1 fully saturated rings. The first-order valence-electron chi connectivity index (χ1n) is 7.17. The first-order valence-corrected chi connectivity index (χ1v) is 8.36. The lowest BCUT2D eigenvalue weighted by Gasteiger charge is -2.18. The second-order valence-corrected chi connectivity index (χ2v) is 7.17. The summed E-state index contributed by atoms with van der Waals surface area (Å²) in [6, 6.07) is 4.43. The Hall–Kier alpha value is -0.480. The summed E-state index contributed by atoms with van der Waals surface area (Å²) in [4.78, 5) is 7.02. The van der Waals surface area contributed by atoms with Crippen LogP contribution in [0, 0.1) is 0 Å². The summed E-state index contributed by atoms with van der Waals surface area (Å²) in [5.74, 6) is 0.870. The van der Waals surface area contributed by atoms with E-state index in [1.54, 1.807) is 0 Å². The number of fused-ring (bicyclic) bond motifs is 1. The van der Waals surface area contributed by atoms with Gasteiger partial charge < -0.3 is 9.47 Å². The van der Waals surface area contributed by atoms with Crippen molar-refractivity contribution in [3.8, 4) is 0 Å². The van der Waals surface area contributed by atoms with E-state index in [2.05, 4.69) is 21.5 Å². The van der Waals surface area contributed by atoms with Crippen LogP contribution in [-0.2, 0) is 6.54 Å². The number of imidazole rings is 1. The highest BCUT2D eigenvalue weighted by Crippen LogP contribution is 2.31. The predicted molar refractivity (Wildman–Crippen MR) is 89.7 cm³/mol. The van der Waals surface area contributed by atoms with E-state index >= 15 is 0 Å². The fourth-order valence-electron chi connectivity index (χ4n) is 2.63. The molecule has 0 radical (unpaired) electrons. The molecule has 0 amide bonds. The summed E-state index contributed by atoms with van der Waals surface area (Å²) in [7, 11) is 2.17. The molecule has 1 atom stereocenters. The largest absolute Gasteiger partial charge is 0.325 e. The highest BCUT2D eigenvalue weighted by atomic mass is 35.5. The fourth-order valence-corrected chi connectivity index (χ4v) is 3.12. The molecule has 3 rings (SSSR count). The first-order chi connectivity index (χ1) is 9.97. The van der Waals surface area contributed by atoms with Crippen molar-refractivity contribution in [2.24, 2.45) is 0 Å². The normalized spacial score (nSPS) is 16.9. The molecule has 1 aliphatic carbocycles. The molecule has 0 aliphatic heterocycles. The van der Waals surface area contributed by atoms with E-state index < -0.39 is 0 Å². The van der Waals surface area contributed by atoms with Gasteiger partial charge in [-0.2, -0.15) is 0 Å². The van der Waals surface area contributed by atoms with E-state index in [1.807, 2.05) is 19.1 Å². The number of nitrogens with zero attached hydrogens (tertiary/aromatic N) is 3. The third-order valence-corrected chi connectivity index (χ3v) is 4.94. The van der Waals surface area contributed by atoms with E-state index in [-0.39, 0.29) is 5.38 Å². The third-order valence-electron chi connectivity index (χ3n) is 4.02. The summed E-state index contributed by atoms with van der Waals surface area (Å²) in [5.41, 5.74) is 1.84. The molecular formula is C15H18Cl3N3. The molecule has 114 valence electrons. The molecule has 6 heteroatoms. The Bertz CT molecular complexity index is 662. The van der Waals surface area contributed by atoms with Crippen LogP contribution in [-0.4, -0.2) is 34.1 Å². The molecule has 0 N–H and O–H groups in total. The SMILES string of the molecule is CC(Cl)c1nc2cc(Cl)c(Cl)cc2n1CCN(C)C1CC1. The van der Waals surface area contributed by atoms with Crippen molar-refractivity contribution in [2.45, 2.75) is 37.7 Å². The Kier molecular flexibility index (Phi) is 4.37. The molecule has 0 spiro atoms. The Morgan fingerprint density at radius 3 is 2.62 bits per heavy atom. The van der Waals surface area contributed by atoms with E-state index in [4.69, 9.17) is 34.8 Å². The van der Waals surface area contributed by atoms with Crippen LogP contribution in [0.1, 0.15) is 31.0 Å². The monoisotopic (exact) mass is 345 g/mol. The number of hydrogen-bond acceptors (Lipinski definition) is 2. The molecule has 0 saturated heterocycles. The maximum absolute atomic E-state index is 6.29. The van der Waals surface area contributed by atoms with Gasteiger partial charge in [0.05, 0.1) is 26.5 Å². The zero-order chi connectivity index (χ0) is 15.1. The van der Waals surface area contributed by atoms with Gasteiger partial charge in [0.15, 0.2) is 0 Å². The third kappa shape index (κ3) is 3.16. The number of likely N-dealkylation sites (N-methyl/N-ethyl adjacent to an activating group) is 1. The second kappa shape index (κ2) is 5.96. The van der Waals surface area contributed by atoms with Crippen LogP contribution in [0.5, 0.6) is 0 Å². The Labute approximate surface area is 139 Å². The van der Waals surface area contributed by atoms with Crippen molar-refractivity contribution in [3.63, 3.8) is 0 Å². The van der Waals surface area contributed by atoms with Crippen LogP contribution >= 0.6 is 34.8 Å². The lowest BCUT2D eigenvalue weighted by Crippen LogP contribution is -2.25. The van der Waals surface area contributed by atoms with Crippen molar-refractivity contribution in [2.75, 3.05) is 13.6 Å². The maximum atomic E-state index is 6.29. The summed E-state index contributed by atoms with van der Waals surface area (Å²) in [6.45, 7) is 3.77. The molecule has 1 aromatic heterocycles. The van der Waals surface area contributed by atoms with Gasteiger partial charge >= 0.3 is 0 Å². The summed E-state index contributed by atoms with van der Waals surface area (Å²) in [5, 5.41) is 0.925. The van der Waals surface area contributed by atoms with Crippen molar-refractivity contribution in [1.29, 1.82) is 0 Å². The highest BCUT2D eigenvalue weighted by molar-refractivity contribution is 6.42. The quantitative estimate of drug-likeness (QED) is 0.729. The number of rotatable bonds is 5. The smallest absolute Gasteiger partial charge is 0.127 e. The van der Waals surface area contributed by atoms with Gasteiger partial charge in [-0.3, -0.25) is 0 Å². The van der Waals surface area contributed by atoms with E-state index in [0.717, 1.165) is 36.0 Å². The molecule has 1 aliphatic rings. The van der Waals surface area contributed by atoms with Crippen LogP contribution in [0.25, 0.3) is 11.0 Å². The number of halogens is 3. The van der Waals surface area contributed by atoms with Crippen molar-refractivity contribution < 1.29 is 0 Å². The van der Waals surface area contributed by atoms with E-state index in [0.29, 0.717) is 10.0 Å². The molecule has 2 aromatic rings. The highest BCUT2D eigenvalue weighted by Gasteiger charge is 2.26. The minimum atomic E-state index is -0.152. The van der Waals surface area contributed by atoms with Crippen LogP contribution in [0.4, 0.5) is 0 Å². The average molecular weight is 347 g/mol. The van der Waals surface area contributed by atoms with Gasteiger partial charge in [0.25, 0.3) is 0 Å². The van der Waals surface area contributed by atoms with Crippen molar-refractivity contribution in [1.82, 2.24) is 14.5 Å². The van der Waals surface area contributed by atoms with Crippen LogP contribution in [0.3, 0.4) is 0 Å². The molecular weight excluding hydrogens is 329 g/mol. The standard InChI is InChI=1S/C15H18Cl3N3/c1-9(16)15-19-13-7-11(17)12(18)8-14(13)21(15)6-5-20(2)10-3-4-10/h7-10H,3-6H2,1-2H3. The minimum Gasteiger partial charge on any atom is -0.325 e. The lowest BCUT2D eigenvalue weighted by atomic mass is 10.3. The van der Waals surface area contributed by atoms with Crippen molar-refractivity contribution >= 4 is 45.8 Å². The van der Waals surface area contributed by atoms with Crippen molar-refractivity contribution in [3.05, 3.63) is 28.0 Å². The number of aromatic nitrogens is 2. The fraction of sp³-hybridized carbons (Fsp3) is 0.533. The van der Waals surface area contributed by atoms with Gasteiger partial charge in [-0.25, -0.2) is 4.98 Å². The molecule has 0 bridgehead atoms. The van der Waals surface area contributed by atoms with Gasteiger partial charge in [0.2, 0.25) is 0 Å². The number of benzene rings is 1. The van der Waals surface area contributed by atoms with Gasteiger partial charge in [0, 0.05) is 19.1 Å². The van der Waals surface area contributed by atoms with Crippen LogP contribution < -0.4 is 0 Å². The van der Waals surface area contributed by atoms with Gasteiger partial charge in [0.1, 0.15) is 5.82 Å². The van der Waals surface area contributed by atoms with E-state index in [9.17, 15) is 0 Å². The second-order valence-electron chi connectivity index (χ2n) is 5.70. The molecule has 1 aromatic carbocycles. The Morgan fingerprint density at radius 2 is 2.00 bits per heavy atom. The Balaban J connectivity index is 1.96. The van der Waals surface area contributed by atoms with Gasteiger partial charge in [-0.05, 0) is 38.9 Å². The predicted octanol–water partition coefficient (Wildman–Crippen LogP) is 4.74. The Morgan fingerprint density at radius 1 is 1.33 bits per heavy atom. The lowest BCUT2D eigenvalue weighted by molar-refractivity contribution is 0.309. The van der Waals surface area contributed by atoms with Gasteiger partial charge in [-0.15, -0.1) is 11.6 Å². The summed E-state index contributed by atoms with van der Waals surface area (Å²) in [6.07, 6.45) is 2.61. The minimum absolute atomic E-state index is 0.152. The number of alkyl halides is 1. The molecule has 1 saturated carbocycles. The maximum Gasteiger partial charge on any atom is 0.127 e. The average Bonchev–Trinajstić information content (AvgIpc) is 3.21. The zero-order valence-electron chi connectivity index (χ0n) is 12.1. The van der Waals surface area contributed by atoms with Crippen LogP contribution in [0.15, 0.2) is 12.1 Å².